The molecule has 1 aliphatic carbocycles. The largest absolute Gasteiger partial charge is 0.481 e. The molecule has 1 aromatic carbocycles. The van der Waals surface area contributed by atoms with Gasteiger partial charge in [0, 0.05) is 31.0 Å². The monoisotopic (exact) mass is 609 g/mol. The number of hydrogen-bond acceptors (Lipinski definition) is 7. The van der Waals surface area contributed by atoms with E-state index in [0.717, 1.165) is 67.7 Å². The lowest BCUT2D eigenvalue weighted by molar-refractivity contribution is -0.137. The SMILES string of the molecule is Cc1ccc(CC(C)(C)C)c(NC(=O)c2ccc(C#N)cc2N2CCC(COc3cc(C(CC(=O)O)C4CC4)ccn3)CC2)n1. The molecule has 2 N–H and O–H groups in total. The molecule has 2 fully saturated rings. The molecule has 1 amide bonds. The van der Waals surface area contributed by atoms with E-state index in [1.807, 2.05) is 31.2 Å². The number of nitriles is 1. The molecule has 2 aromatic heterocycles. The van der Waals surface area contributed by atoms with Gasteiger partial charge in [-0.3, -0.25) is 9.59 Å². The fourth-order valence-corrected chi connectivity index (χ4v) is 6.16. The summed E-state index contributed by atoms with van der Waals surface area (Å²) in [6, 6.07) is 15.2. The van der Waals surface area contributed by atoms with Crippen molar-refractivity contribution in [2.75, 3.05) is 29.9 Å². The molecule has 3 aromatic rings. The molecule has 0 spiro atoms. The number of aromatic nitrogens is 2. The maximum atomic E-state index is 13.7. The van der Waals surface area contributed by atoms with Crippen molar-refractivity contribution in [3.05, 3.63) is 76.6 Å². The Hall–Kier alpha value is -4.45. The van der Waals surface area contributed by atoms with Gasteiger partial charge in [0.1, 0.15) is 5.82 Å². The second-order valence-electron chi connectivity index (χ2n) is 13.7. The van der Waals surface area contributed by atoms with Crippen LogP contribution in [0.5, 0.6) is 5.88 Å². The number of nitrogens with one attached hydrogen (secondary N) is 1. The minimum Gasteiger partial charge on any atom is -0.481 e. The van der Waals surface area contributed by atoms with Gasteiger partial charge in [0.05, 0.1) is 35.9 Å². The van der Waals surface area contributed by atoms with E-state index in [4.69, 9.17) is 4.74 Å². The standard InChI is InChI=1S/C36H43N5O4/c1-23-5-7-28(20-36(2,3)4)34(39-23)40-35(44)29-10-6-25(21-37)17-31(29)41-15-12-24(13-16-41)22-45-32-18-27(11-14-38-32)30(19-33(42)43)26-8-9-26/h5-7,10-11,14,17-18,24,26,30H,8-9,12-13,15-16,19-20,22H2,1-4H3,(H,42,43)(H,39,40,44). The minimum absolute atomic E-state index is 0.00145. The lowest BCUT2D eigenvalue weighted by atomic mass is 9.88. The second kappa shape index (κ2) is 13.7. The molecule has 0 radical (unpaired) electrons. The van der Waals surface area contributed by atoms with Crippen molar-refractivity contribution < 1.29 is 19.4 Å². The lowest BCUT2D eigenvalue weighted by Crippen LogP contribution is -2.36. The first-order valence-electron chi connectivity index (χ1n) is 15.9. The number of carbonyl (C=O) groups excluding carboxylic acids is 1. The van der Waals surface area contributed by atoms with Crippen molar-refractivity contribution in [2.24, 2.45) is 17.3 Å². The molecule has 1 saturated heterocycles. The second-order valence-corrected chi connectivity index (χ2v) is 13.7. The first-order chi connectivity index (χ1) is 21.5. The highest BCUT2D eigenvalue weighted by Crippen LogP contribution is 2.45. The number of hydrogen-bond donors (Lipinski definition) is 2. The third kappa shape index (κ3) is 8.59. The number of carbonyl (C=O) groups is 2. The van der Waals surface area contributed by atoms with Crippen LogP contribution >= 0.6 is 0 Å². The van der Waals surface area contributed by atoms with Crippen LogP contribution in [0.25, 0.3) is 0 Å². The van der Waals surface area contributed by atoms with Gasteiger partial charge in [-0.25, -0.2) is 9.97 Å². The van der Waals surface area contributed by atoms with Gasteiger partial charge in [0.15, 0.2) is 0 Å². The molecular weight excluding hydrogens is 566 g/mol. The van der Waals surface area contributed by atoms with Crippen LogP contribution in [-0.4, -0.2) is 46.6 Å². The number of anilines is 2. The number of rotatable bonds is 11. The number of amides is 1. The topological polar surface area (TPSA) is 128 Å². The average molecular weight is 610 g/mol. The maximum Gasteiger partial charge on any atom is 0.303 e. The Morgan fingerprint density at radius 1 is 1.11 bits per heavy atom. The molecule has 1 aliphatic heterocycles. The molecule has 9 nitrogen and oxygen atoms in total. The van der Waals surface area contributed by atoms with Crippen molar-refractivity contribution in [3.8, 4) is 11.9 Å². The highest BCUT2D eigenvalue weighted by molar-refractivity contribution is 6.08. The number of carboxylic acid groups (broad SMARTS) is 1. The van der Waals surface area contributed by atoms with Crippen LogP contribution in [0, 0.1) is 35.5 Å². The van der Waals surface area contributed by atoms with Crippen molar-refractivity contribution in [1.82, 2.24) is 9.97 Å². The predicted molar refractivity (Wildman–Crippen MR) is 174 cm³/mol. The van der Waals surface area contributed by atoms with Crippen LogP contribution in [-0.2, 0) is 11.2 Å². The minimum atomic E-state index is -0.781. The lowest BCUT2D eigenvalue weighted by Gasteiger charge is -2.34. The van der Waals surface area contributed by atoms with Crippen molar-refractivity contribution in [3.63, 3.8) is 0 Å². The van der Waals surface area contributed by atoms with Crippen molar-refractivity contribution in [1.29, 1.82) is 5.26 Å². The van der Waals surface area contributed by atoms with Gasteiger partial charge in [-0.2, -0.15) is 5.26 Å². The number of piperidine rings is 1. The molecule has 1 saturated carbocycles. The molecule has 1 unspecified atom stereocenters. The summed E-state index contributed by atoms with van der Waals surface area (Å²) in [5, 5.41) is 22.1. The molecule has 236 valence electrons. The van der Waals surface area contributed by atoms with E-state index < -0.39 is 5.97 Å². The molecule has 9 heteroatoms. The summed E-state index contributed by atoms with van der Waals surface area (Å²) in [4.78, 5) is 36.3. The highest BCUT2D eigenvalue weighted by atomic mass is 16.5. The normalized spacial score (nSPS) is 16.1. The van der Waals surface area contributed by atoms with Gasteiger partial charge in [-0.1, -0.05) is 26.8 Å². The zero-order valence-electron chi connectivity index (χ0n) is 26.7. The number of ether oxygens (including phenoxy) is 1. The van der Waals surface area contributed by atoms with Gasteiger partial charge < -0.3 is 20.1 Å². The number of aryl methyl sites for hydroxylation is 1. The summed E-state index contributed by atoms with van der Waals surface area (Å²) in [5.74, 6) is 0.803. The van der Waals surface area contributed by atoms with E-state index >= 15 is 0 Å². The number of benzene rings is 1. The molecule has 0 bridgehead atoms. The zero-order valence-corrected chi connectivity index (χ0v) is 26.7. The summed E-state index contributed by atoms with van der Waals surface area (Å²) in [5.41, 5.74) is 4.60. The van der Waals surface area contributed by atoms with Gasteiger partial charge in [0.2, 0.25) is 5.88 Å². The van der Waals surface area contributed by atoms with Gasteiger partial charge >= 0.3 is 5.97 Å². The molecule has 5 rings (SSSR count). The quantitative estimate of drug-likeness (QED) is 0.244. The third-order valence-corrected chi connectivity index (χ3v) is 8.64. The molecular formula is C36H43N5O4. The van der Waals surface area contributed by atoms with Crippen LogP contribution in [0.3, 0.4) is 0 Å². The van der Waals surface area contributed by atoms with E-state index in [0.29, 0.717) is 41.3 Å². The summed E-state index contributed by atoms with van der Waals surface area (Å²) in [6.07, 6.45) is 6.45. The summed E-state index contributed by atoms with van der Waals surface area (Å²) < 4.78 is 6.11. The number of carboxylic acids is 1. The Bertz CT molecular complexity index is 1580. The maximum absolute atomic E-state index is 13.7. The van der Waals surface area contributed by atoms with E-state index in [-0.39, 0.29) is 23.7 Å². The number of pyridine rings is 2. The summed E-state index contributed by atoms with van der Waals surface area (Å²) in [6.45, 7) is 10.3. The van der Waals surface area contributed by atoms with Crippen molar-refractivity contribution in [2.45, 2.75) is 72.1 Å². The smallest absolute Gasteiger partial charge is 0.303 e. The molecule has 1 atom stereocenters. The Balaban J connectivity index is 1.24. The Morgan fingerprint density at radius 3 is 2.53 bits per heavy atom. The Labute approximate surface area is 265 Å². The van der Waals surface area contributed by atoms with E-state index in [1.165, 1.54) is 0 Å². The van der Waals surface area contributed by atoms with Crippen LogP contribution in [0.1, 0.15) is 91.5 Å². The number of aliphatic carboxylic acids is 1. The average Bonchev–Trinajstić information content (AvgIpc) is 3.85. The van der Waals surface area contributed by atoms with Gasteiger partial charge in [0.25, 0.3) is 5.91 Å². The summed E-state index contributed by atoms with van der Waals surface area (Å²) >= 11 is 0. The van der Waals surface area contributed by atoms with Crippen LogP contribution in [0.2, 0.25) is 0 Å². The Morgan fingerprint density at radius 2 is 1.87 bits per heavy atom. The first kappa shape index (κ1) is 32.0. The molecule has 45 heavy (non-hydrogen) atoms. The fraction of sp³-hybridized carbons (Fsp3) is 0.472. The predicted octanol–water partition coefficient (Wildman–Crippen LogP) is 6.76. The summed E-state index contributed by atoms with van der Waals surface area (Å²) in [7, 11) is 0. The van der Waals surface area contributed by atoms with Crippen LogP contribution < -0.4 is 15.0 Å². The van der Waals surface area contributed by atoms with Crippen LogP contribution in [0.4, 0.5) is 11.5 Å². The molecule has 3 heterocycles. The number of nitrogens with zero attached hydrogens (tertiary/aromatic N) is 4. The van der Waals surface area contributed by atoms with Gasteiger partial charge in [-0.15, -0.1) is 0 Å². The first-order valence-corrected chi connectivity index (χ1v) is 15.9. The fourth-order valence-electron chi connectivity index (χ4n) is 6.16. The molecule has 2 aliphatic rings. The van der Waals surface area contributed by atoms with E-state index in [9.17, 15) is 20.0 Å². The van der Waals surface area contributed by atoms with Crippen molar-refractivity contribution >= 4 is 23.4 Å². The van der Waals surface area contributed by atoms with Crippen LogP contribution in [0.15, 0.2) is 48.7 Å². The van der Waals surface area contributed by atoms with Gasteiger partial charge in [-0.05, 0) is 104 Å². The van der Waals surface area contributed by atoms with E-state index in [1.54, 1.807) is 24.4 Å². The third-order valence-electron chi connectivity index (χ3n) is 8.64. The Kier molecular flexibility index (Phi) is 9.71. The zero-order chi connectivity index (χ0) is 32.1. The van der Waals surface area contributed by atoms with E-state index in [2.05, 4.69) is 47.0 Å². The highest BCUT2D eigenvalue weighted by Gasteiger charge is 2.34.